The fraction of sp³-hybridized carbons (Fsp3) is 0.400. The number of hydrogen-bond acceptors (Lipinski definition) is 2. The lowest BCUT2D eigenvalue weighted by Gasteiger charge is -2.28. The van der Waals surface area contributed by atoms with E-state index in [4.69, 9.17) is 5.73 Å². The van der Waals surface area contributed by atoms with Crippen molar-refractivity contribution >= 4 is 0 Å². The van der Waals surface area contributed by atoms with E-state index < -0.39 is 0 Å². The summed E-state index contributed by atoms with van der Waals surface area (Å²) in [5.41, 5.74) is 8.74. The molecule has 118 valence electrons. The molecule has 2 nitrogen and oxygen atoms in total. The van der Waals surface area contributed by atoms with Crippen molar-refractivity contribution in [2.75, 3.05) is 20.1 Å². The Balaban J connectivity index is 2.10. The average molecular weight is 296 g/mol. The van der Waals surface area contributed by atoms with Crippen LogP contribution >= 0.6 is 0 Å². The molecule has 0 aromatic heterocycles. The van der Waals surface area contributed by atoms with Gasteiger partial charge in [-0.3, -0.25) is 0 Å². The van der Waals surface area contributed by atoms with Crippen molar-refractivity contribution in [3.63, 3.8) is 0 Å². The molecule has 0 radical (unpaired) electrons. The summed E-state index contributed by atoms with van der Waals surface area (Å²) in [5, 5.41) is 0. The van der Waals surface area contributed by atoms with Crippen LogP contribution in [-0.2, 0) is 0 Å². The Bertz CT molecular complexity index is 503. The van der Waals surface area contributed by atoms with Crippen molar-refractivity contribution in [2.24, 2.45) is 5.73 Å². The van der Waals surface area contributed by atoms with E-state index in [2.05, 4.69) is 86.5 Å². The summed E-state index contributed by atoms with van der Waals surface area (Å²) >= 11 is 0. The third-order valence-corrected chi connectivity index (χ3v) is 3.88. The first-order valence-corrected chi connectivity index (χ1v) is 8.03. The van der Waals surface area contributed by atoms with Crippen LogP contribution in [-0.4, -0.2) is 30.6 Å². The fourth-order valence-electron chi connectivity index (χ4n) is 3.02. The molecule has 0 aliphatic carbocycles. The SMILES string of the molecule is CN(CCC(c1ccccc1)c1ccccc1)CC(C)(C)N. The summed E-state index contributed by atoms with van der Waals surface area (Å²) in [4.78, 5) is 2.33. The standard InChI is InChI=1S/C20H28N2/c1-20(2,21)16-22(3)15-14-19(17-10-6-4-7-11-17)18-12-8-5-9-13-18/h4-13,19H,14-16,21H2,1-3H3. The van der Waals surface area contributed by atoms with Crippen molar-refractivity contribution in [3.05, 3.63) is 71.8 Å². The molecule has 0 atom stereocenters. The fourth-order valence-corrected chi connectivity index (χ4v) is 3.02. The third-order valence-electron chi connectivity index (χ3n) is 3.88. The number of rotatable bonds is 7. The van der Waals surface area contributed by atoms with E-state index in [9.17, 15) is 0 Å². The largest absolute Gasteiger partial charge is 0.324 e. The maximum atomic E-state index is 6.12. The Morgan fingerprint density at radius 2 is 1.36 bits per heavy atom. The van der Waals surface area contributed by atoms with E-state index in [1.54, 1.807) is 0 Å². The molecule has 2 aromatic carbocycles. The molecule has 0 saturated heterocycles. The summed E-state index contributed by atoms with van der Waals surface area (Å²) in [6, 6.07) is 21.6. The first-order chi connectivity index (χ1) is 10.5. The molecule has 0 heterocycles. The first kappa shape index (κ1) is 16.7. The van der Waals surface area contributed by atoms with Gasteiger partial charge in [-0.25, -0.2) is 0 Å². The molecule has 0 unspecified atom stereocenters. The maximum absolute atomic E-state index is 6.12. The smallest absolute Gasteiger partial charge is 0.0225 e. The quantitative estimate of drug-likeness (QED) is 0.840. The molecule has 0 aliphatic heterocycles. The molecular formula is C20H28N2. The summed E-state index contributed by atoms with van der Waals surface area (Å²) in [6.45, 7) is 6.10. The average Bonchev–Trinajstić information content (AvgIpc) is 2.48. The zero-order valence-electron chi connectivity index (χ0n) is 14.0. The zero-order valence-corrected chi connectivity index (χ0v) is 14.0. The minimum atomic E-state index is -0.149. The van der Waals surface area contributed by atoms with Gasteiger partial charge in [-0.15, -0.1) is 0 Å². The first-order valence-electron chi connectivity index (χ1n) is 8.03. The van der Waals surface area contributed by atoms with Gasteiger partial charge in [0.15, 0.2) is 0 Å². The Morgan fingerprint density at radius 3 is 1.77 bits per heavy atom. The Kier molecular flexibility index (Phi) is 5.76. The maximum Gasteiger partial charge on any atom is 0.0225 e. The van der Waals surface area contributed by atoms with E-state index in [-0.39, 0.29) is 5.54 Å². The lowest BCUT2D eigenvalue weighted by atomic mass is 9.88. The number of likely N-dealkylation sites (N-methyl/N-ethyl adjacent to an activating group) is 1. The second-order valence-corrected chi connectivity index (χ2v) is 6.89. The van der Waals surface area contributed by atoms with Crippen LogP contribution in [0.15, 0.2) is 60.7 Å². The van der Waals surface area contributed by atoms with E-state index in [0.29, 0.717) is 5.92 Å². The van der Waals surface area contributed by atoms with Gasteiger partial charge in [0, 0.05) is 18.0 Å². The van der Waals surface area contributed by atoms with E-state index >= 15 is 0 Å². The van der Waals surface area contributed by atoms with Crippen molar-refractivity contribution in [3.8, 4) is 0 Å². The summed E-state index contributed by atoms with van der Waals surface area (Å²) in [5.74, 6) is 0.436. The van der Waals surface area contributed by atoms with Gasteiger partial charge in [0.1, 0.15) is 0 Å². The van der Waals surface area contributed by atoms with Crippen LogP contribution in [0.2, 0.25) is 0 Å². The molecule has 0 aliphatic rings. The van der Waals surface area contributed by atoms with Crippen LogP contribution in [0, 0.1) is 0 Å². The molecule has 0 amide bonds. The lowest BCUT2D eigenvalue weighted by Crippen LogP contribution is -2.44. The number of nitrogens with two attached hydrogens (primary N) is 1. The van der Waals surface area contributed by atoms with Gasteiger partial charge in [0.2, 0.25) is 0 Å². The van der Waals surface area contributed by atoms with Crippen LogP contribution < -0.4 is 5.73 Å². The zero-order chi connectivity index (χ0) is 16.0. The van der Waals surface area contributed by atoms with Crippen LogP contribution in [0.4, 0.5) is 0 Å². The van der Waals surface area contributed by atoms with Crippen LogP contribution in [0.3, 0.4) is 0 Å². The van der Waals surface area contributed by atoms with Gasteiger partial charge in [0.25, 0.3) is 0 Å². The van der Waals surface area contributed by atoms with Gasteiger partial charge in [-0.1, -0.05) is 60.7 Å². The van der Waals surface area contributed by atoms with Gasteiger partial charge in [-0.2, -0.15) is 0 Å². The highest BCUT2D eigenvalue weighted by molar-refractivity contribution is 5.32. The number of hydrogen-bond donors (Lipinski definition) is 1. The second-order valence-electron chi connectivity index (χ2n) is 6.89. The van der Waals surface area contributed by atoms with Gasteiger partial charge in [0.05, 0.1) is 0 Å². The minimum absolute atomic E-state index is 0.149. The monoisotopic (exact) mass is 296 g/mol. The van der Waals surface area contributed by atoms with Crippen LogP contribution in [0.5, 0.6) is 0 Å². The van der Waals surface area contributed by atoms with Gasteiger partial charge in [-0.05, 0) is 45.0 Å². The van der Waals surface area contributed by atoms with Crippen molar-refractivity contribution in [2.45, 2.75) is 31.7 Å². The summed E-state index contributed by atoms with van der Waals surface area (Å²) < 4.78 is 0. The molecule has 2 aromatic rings. The second kappa shape index (κ2) is 7.57. The number of nitrogens with zero attached hydrogens (tertiary/aromatic N) is 1. The molecule has 22 heavy (non-hydrogen) atoms. The molecule has 2 N–H and O–H groups in total. The molecule has 2 heteroatoms. The van der Waals surface area contributed by atoms with E-state index in [0.717, 1.165) is 19.5 Å². The third kappa shape index (κ3) is 5.28. The number of benzene rings is 2. The van der Waals surface area contributed by atoms with E-state index in [1.807, 2.05) is 0 Å². The predicted molar refractivity (Wildman–Crippen MR) is 95.1 cm³/mol. The molecular weight excluding hydrogens is 268 g/mol. The predicted octanol–water partition coefficient (Wildman–Crippen LogP) is 3.88. The van der Waals surface area contributed by atoms with Gasteiger partial charge < -0.3 is 10.6 Å². The molecule has 2 rings (SSSR count). The topological polar surface area (TPSA) is 29.3 Å². The highest BCUT2D eigenvalue weighted by Gasteiger charge is 2.17. The Morgan fingerprint density at radius 1 is 0.909 bits per heavy atom. The van der Waals surface area contributed by atoms with Crippen molar-refractivity contribution in [1.82, 2.24) is 4.90 Å². The lowest BCUT2D eigenvalue weighted by molar-refractivity contribution is 0.264. The van der Waals surface area contributed by atoms with Crippen molar-refractivity contribution < 1.29 is 0 Å². The van der Waals surface area contributed by atoms with Crippen LogP contribution in [0.25, 0.3) is 0 Å². The highest BCUT2D eigenvalue weighted by atomic mass is 15.1. The Labute approximate surface area is 135 Å². The minimum Gasteiger partial charge on any atom is -0.324 e. The van der Waals surface area contributed by atoms with Gasteiger partial charge >= 0.3 is 0 Å². The molecule has 0 saturated carbocycles. The van der Waals surface area contributed by atoms with Crippen molar-refractivity contribution in [1.29, 1.82) is 0 Å². The molecule has 0 fully saturated rings. The molecule has 0 bridgehead atoms. The van der Waals surface area contributed by atoms with E-state index in [1.165, 1.54) is 11.1 Å². The summed E-state index contributed by atoms with van der Waals surface area (Å²) in [6.07, 6.45) is 1.10. The Hall–Kier alpha value is -1.64. The highest BCUT2D eigenvalue weighted by Crippen LogP contribution is 2.28. The molecule has 0 spiro atoms. The normalized spacial score (nSPS) is 12.1. The summed E-state index contributed by atoms with van der Waals surface area (Å²) in [7, 11) is 2.15. The van der Waals surface area contributed by atoms with Crippen LogP contribution in [0.1, 0.15) is 37.3 Å².